The summed E-state index contributed by atoms with van der Waals surface area (Å²) in [5.41, 5.74) is 1.34. The molecule has 1 saturated carbocycles. The minimum atomic E-state index is -0.353. The van der Waals surface area contributed by atoms with Crippen LogP contribution in [0.5, 0.6) is 23.0 Å². The van der Waals surface area contributed by atoms with Crippen LogP contribution in [0, 0.1) is 0 Å². The van der Waals surface area contributed by atoms with Crippen molar-refractivity contribution < 1.29 is 23.7 Å². The van der Waals surface area contributed by atoms with Gasteiger partial charge in [-0.15, -0.1) is 0 Å². The quantitative estimate of drug-likeness (QED) is 0.871. The van der Waals surface area contributed by atoms with Crippen LogP contribution in [-0.4, -0.2) is 32.5 Å². The second-order valence-electron chi connectivity index (χ2n) is 6.88. The van der Waals surface area contributed by atoms with E-state index >= 15 is 0 Å². The molecule has 0 bridgehead atoms. The Morgan fingerprint density at radius 2 is 1.37 bits per heavy atom. The molecule has 3 aliphatic rings. The smallest absolute Gasteiger partial charge is 0.319 e. The van der Waals surface area contributed by atoms with Gasteiger partial charge in [-0.1, -0.05) is 6.07 Å². The third-order valence-electron chi connectivity index (χ3n) is 5.00. The topological polar surface area (TPSA) is 78.1 Å². The first-order valence-corrected chi connectivity index (χ1v) is 9.11. The van der Waals surface area contributed by atoms with Crippen molar-refractivity contribution in [1.82, 2.24) is 5.32 Å². The van der Waals surface area contributed by atoms with Crippen molar-refractivity contribution >= 4 is 11.7 Å². The highest BCUT2D eigenvalue weighted by atomic mass is 16.6. The van der Waals surface area contributed by atoms with E-state index in [1.807, 2.05) is 18.2 Å². The van der Waals surface area contributed by atoms with Gasteiger partial charge in [0.2, 0.25) is 0 Å². The van der Waals surface area contributed by atoms with Crippen LogP contribution >= 0.6 is 0 Å². The lowest BCUT2D eigenvalue weighted by Gasteiger charge is -2.23. The van der Waals surface area contributed by atoms with Crippen molar-refractivity contribution in [3.63, 3.8) is 0 Å². The van der Waals surface area contributed by atoms with Gasteiger partial charge in [-0.3, -0.25) is 0 Å². The predicted molar refractivity (Wildman–Crippen MR) is 97.9 cm³/mol. The van der Waals surface area contributed by atoms with Crippen LogP contribution in [0.2, 0.25) is 0 Å². The van der Waals surface area contributed by atoms with Gasteiger partial charge >= 0.3 is 6.03 Å². The molecule has 0 saturated heterocycles. The van der Waals surface area contributed by atoms with Crippen LogP contribution in [0.3, 0.4) is 0 Å². The van der Waals surface area contributed by atoms with Crippen LogP contribution in [-0.2, 0) is 5.54 Å². The van der Waals surface area contributed by atoms with Crippen molar-refractivity contribution in [1.29, 1.82) is 0 Å². The third kappa shape index (κ3) is 3.09. The Labute approximate surface area is 156 Å². The summed E-state index contributed by atoms with van der Waals surface area (Å²) in [6.45, 7) is 2.16. The van der Waals surface area contributed by atoms with E-state index in [2.05, 4.69) is 10.6 Å². The van der Waals surface area contributed by atoms with Crippen molar-refractivity contribution in [2.45, 2.75) is 18.4 Å². The normalized spacial score (nSPS) is 18.4. The summed E-state index contributed by atoms with van der Waals surface area (Å²) in [7, 11) is 0. The number of fused-ring (bicyclic) bond motifs is 2. The van der Waals surface area contributed by atoms with E-state index in [1.165, 1.54) is 0 Å². The molecule has 0 spiro atoms. The van der Waals surface area contributed by atoms with Gasteiger partial charge in [0.1, 0.15) is 26.4 Å². The molecule has 0 atom stereocenters. The zero-order valence-corrected chi connectivity index (χ0v) is 14.7. The highest BCUT2D eigenvalue weighted by Crippen LogP contribution is 2.48. The molecule has 0 radical (unpaired) electrons. The maximum atomic E-state index is 12.5. The second kappa shape index (κ2) is 6.26. The molecule has 1 fully saturated rings. The molecule has 2 aromatic carbocycles. The number of urea groups is 1. The number of nitrogens with one attached hydrogen (secondary N) is 2. The van der Waals surface area contributed by atoms with E-state index in [4.69, 9.17) is 18.9 Å². The fourth-order valence-electron chi connectivity index (χ4n) is 3.45. The fraction of sp³-hybridized carbons (Fsp3) is 0.350. The minimum Gasteiger partial charge on any atom is -0.486 e. The first kappa shape index (κ1) is 16.1. The summed E-state index contributed by atoms with van der Waals surface area (Å²) in [5, 5.41) is 5.98. The van der Waals surface area contributed by atoms with Gasteiger partial charge < -0.3 is 29.6 Å². The number of hydrogen-bond donors (Lipinski definition) is 2. The van der Waals surface area contributed by atoms with Gasteiger partial charge in [0.25, 0.3) is 0 Å². The van der Waals surface area contributed by atoms with E-state index in [0.717, 1.165) is 29.9 Å². The molecule has 2 heterocycles. The van der Waals surface area contributed by atoms with Gasteiger partial charge in [0.05, 0.1) is 5.54 Å². The molecule has 2 aromatic rings. The maximum Gasteiger partial charge on any atom is 0.319 e. The SMILES string of the molecule is O=C(Nc1ccc2c(c1)OCCO2)NC1(c2ccc3c(c2)OCCO3)CC1. The monoisotopic (exact) mass is 368 g/mol. The van der Waals surface area contributed by atoms with Crippen molar-refractivity contribution in [3.05, 3.63) is 42.0 Å². The number of carbonyl (C=O) groups is 1. The van der Waals surface area contributed by atoms with E-state index in [9.17, 15) is 4.79 Å². The number of rotatable bonds is 3. The zero-order valence-electron chi connectivity index (χ0n) is 14.7. The van der Waals surface area contributed by atoms with Gasteiger partial charge in [0.15, 0.2) is 23.0 Å². The molecule has 0 unspecified atom stereocenters. The Kier molecular flexibility index (Phi) is 3.74. The molecule has 140 valence electrons. The fourth-order valence-corrected chi connectivity index (χ4v) is 3.45. The van der Waals surface area contributed by atoms with E-state index in [-0.39, 0.29) is 11.6 Å². The summed E-state index contributed by atoms with van der Waals surface area (Å²) in [6, 6.07) is 11.0. The molecule has 2 aliphatic heterocycles. The van der Waals surface area contributed by atoms with Crippen LogP contribution in [0.15, 0.2) is 36.4 Å². The Balaban J connectivity index is 1.29. The Hall–Kier alpha value is -3.09. The summed E-state index contributed by atoms with van der Waals surface area (Å²) in [6.07, 6.45) is 1.78. The van der Waals surface area contributed by atoms with E-state index in [1.54, 1.807) is 18.2 Å². The Morgan fingerprint density at radius 1 is 0.778 bits per heavy atom. The zero-order chi connectivity index (χ0) is 18.3. The molecule has 5 rings (SSSR count). The molecule has 0 aromatic heterocycles. The van der Waals surface area contributed by atoms with Gasteiger partial charge in [-0.05, 0) is 42.7 Å². The first-order valence-electron chi connectivity index (χ1n) is 9.11. The van der Waals surface area contributed by atoms with Crippen LogP contribution in [0.1, 0.15) is 18.4 Å². The number of benzene rings is 2. The van der Waals surface area contributed by atoms with E-state index < -0.39 is 0 Å². The van der Waals surface area contributed by atoms with Gasteiger partial charge in [-0.25, -0.2) is 4.79 Å². The number of anilines is 1. The number of carbonyl (C=O) groups excluding carboxylic acids is 1. The number of ether oxygens (including phenoxy) is 4. The third-order valence-corrected chi connectivity index (χ3v) is 5.00. The first-order chi connectivity index (χ1) is 13.2. The molecular weight excluding hydrogens is 348 g/mol. The minimum absolute atomic E-state index is 0.251. The summed E-state index contributed by atoms with van der Waals surface area (Å²) < 4.78 is 22.3. The largest absolute Gasteiger partial charge is 0.486 e. The van der Waals surface area contributed by atoms with Crippen molar-refractivity contribution in [2.24, 2.45) is 0 Å². The van der Waals surface area contributed by atoms with Crippen molar-refractivity contribution in [3.8, 4) is 23.0 Å². The highest BCUT2D eigenvalue weighted by Gasteiger charge is 2.46. The average Bonchev–Trinajstić information content (AvgIpc) is 3.48. The molecule has 2 N–H and O–H groups in total. The second-order valence-corrected chi connectivity index (χ2v) is 6.88. The van der Waals surface area contributed by atoms with Gasteiger partial charge in [-0.2, -0.15) is 0 Å². The lowest BCUT2D eigenvalue weighted by molar-refractivity contribution is 0.171. The lowest BCUT2D eigenvalue weighted by Crippen LogP contribution is -2.38. The molecule has 7 heteroatoms. The molecule has 7 nitrogen and oxygen atoms in total. The molecule has 1 aliphatic carbocycles. The van der Waals surface area contributed by atoms with Crippen LogP contribution in [0.25, 0.3) is 0 Å². The standard InChI is InChI=1S/C20H20N2O5/c23-19(21-14-2-4-16-18(12-14)27-10-8-25-16)22-20(5-6-20)13-1-3-15-17(11-13)26-9-7-24-15/h1-4,11-12H,5-10H2,(H2,21,22,23). The summed E-state index contributed by atoms with van der Waals surface area (Å²) >= 11 is 0. The average molecular weight is 368 g/mol. The predicted octanol–water partition coefficient (Wildman–Crippen LogP) is 3.04. The van der Waals surface area contributed by atoms with E-state index in [0.29, 0.717) is 43.6 Å². The molecular formula is C20H20N2O5. The molecule has 2 amide bonds. The van der Waals surface area contributed by atoms with Crippen LogP contribution in [0.4, 0.5) is 10.5 Å². The lowest BCUT2D eigenvalue weighted by atomic mass is 10.0. The van der Waals surface area contributed by atoms with Gasteiger partial charge in [0, 0.05) is 11.8 Å². The van der Waals surface area contributed by atoms with Crippen LogP contribution < -0.4 is 29.6 Å². The number of hydrogen-bond acceptors (Lipinski definition) is 5. The van der Waals surface area contributed by atoms with Crippen molar-refractivity contribution in [2.75, 3.05) is 31.7 Å². The molecule has 27 heavy (non-hydrogen) atoms. The maximum absolute atomic E-state index is 12.5. The Bertz CT molecular complexity index is 894. The summed E-state index contributed by atoms with van der Waals surface area (Å²) in [5.74, 6) is 2.83. The Morgan fingerprint density at radius 3 is 2.04 bits per heavy atom. The highest BCUT2D eigenvalue weighted by molar-refractivity contribution is 5.90. The summed E-state index contributed by atoms with van der Waals surface area (Å²) in [4.78, 5) is 12.5. The number of amides is 2.